The Balaban J connectivity index is 0.000000294. The van der Waals surface area contributed by atoms with Crippen molar-refractivity contribution in [3.05, 3.63) is 76.8 Å². The highest BCUT2D eigenvalue weighted by Gasteiger charge is 2.21. The number of nitrogens with zero attached hydrogens (tertiary/aromatic N) is 4. The van der Waals surface area contributed by atoms with Crippen molar-refractivity contribution < 1.29 is 23.5 Å². The van der Waals surface area contributed by atoms with Gasteiger partial charge in [-0.1, -0.05) is 26.0 Å². The van der Waals surface area contributed by atoms with E-state index in [2.05, 4.69) is 34.7 Å². The number of nitrogens with one attached hydrogen (secondary N) is 1. The summed E-state index contributed by atoms with van der Waals surface area (Å²) in [5, 5.41) is 3.22. The summed E-state index contributed by atoms with van der Waals surface area (Å²) in [6.07, 6.45) is 5.43. The van der Waals surface area contributed by atoms with Crippen molar-refractivity contribution >= 4 is 29.5 Å². The summed E-state index contributed by atoms with van der Waals surface area (Å²) in [5.74, 6) is -0.781. The van der Waals surface area contributed by atoms with Crippen molar-refractivity contribution in [1.82, 2.24) is 19.9 Å². The Morgan fingerprint density at radius 3 is 1.82 bits per heavy atom. The van der Waals surface area contributed by atoms with Gasteiger partial charge in [-0.3, -0.25) is 0 Å². The predicted octanol–water partition coefficient (Wildman–Crippen LogP) is 3.71. The second kappa shape index (κ2) is 11.8. The number of aromatic nitrogens is 4. The summed E-state index contributed by atoms with van der Waals surface area (Å²) in [6.45, 7) is 4.64. The van der Waals surface area contributed by atoms with Crippen molar-refractivity contribution in [2.45, 2.75) is 19.3 Å². The summed E-state index contributed by atoms with van der Waals surface area (Å²) >= 11 is 5.39. The van der Waals surface area contributed by atoms with E-state index in [0.29, 0.717) is 18.1 Å². The van der Waals surface area contributed by atoms with E-state index in [-0.39, 0.29) is 22.1 Å². The SMILES string of the molecule is COC(=O)c1cnc(Cl)nc1.COC(=O)c1cnc(NCC(C)(C)c2ccc(F)cc2)nc1. The number of hydrogen-bond donors (Lipinski definition) is 1. The Hall–Kier alpha value is -3.66. The largest absolute Gasteiger partial charge is 0.465 e. The molecule has 3 rings (SSSR count). The number of rotatable bonds is 6. The lowest BCUT2D eigenvalue weighted by Gasteiger charge is -2.25. The average Bonchev–Trinajstić information content (AvgIpc) is 2.83. The first-order valence-corrected chi connectivity index (χ1v) is 10.00. The number of halogens is 2. The normalized spacial score (nSPS) is 10.5. The number of benzene rings is 1. The van der Waals surface area contributed by atoms with Crippen molar-refractivity contribution in [3.8, 4) is 0 Å². The Bertz CT molecular complexity index is 1060. The molecule has 0 saturated heterocycles. The average molecular weight is 476 g/mol. The second-order valence-electron chi connectivity index (χ2n) is 7.26. The Kier molecular flexibility index (Phi) is 9.17. The van der Waals surface area contributed by atoms with E-state index in [1.807, 2.05) is 13.8 Å². The third-order valence-electron chi connectivity index (χ3n) is 4.43. The molecule has 0 fully saturated rings. The van der Waals surface area contributed by atoms with E-state index < -0.39 is 11.9 Å². The quantitative estimate of drug-likeness (QED) is 0.420. The lowest BCUT2D eigenvalue weighted by Crippen LogP contribution is -2.28. The van der Waals surface area contributed by atoms with Crippen LogP contribution in [0.15, 0.2) is 49.1 Å². The van der Waals surface area contributed by atoms with E-state index >= 15 is 0 Å². The Morgan fingerprint density at radius 1 is 0.909 bits per heavy atom. The Labute approximate surface area is 195 Å². The molecule has 1 N–H and O–H groups in total. The van der Waals surface area contributed by atoms with Gasteiger partial charge in [0.1, 0.15) is 5.82 Å². The molecular formula is C22H23ClFN5O4. The highest BCUT2D eigenvalue weighted by Crippen LogP contribution is 2.23. The smallest absolute Gasteiger partial charge is 0.341 e. The maximum atomic E-state index is 13.0. The molecule has 0 atom stereocenters. The minimum Gasteiger partial charge on any atom is -0.465 e. The molecule has 11 heteroatoms. The number of carbonyl (C=O) groups is 2. The first-order valence-electron chi connectivity index (χ1n) is 9.62. The van der Waals surface area contributed by atoms with Gasteiger partial charge in [-0.2, -0.15) is 0 Å². The van der Waals surface area contributed by atoms with Crippen molar-refractivity contribution in [2.75, 3.05) is 26.1 Å². The lowest BCUT2D eigenvalue weighted by atomic mass is 9.84. The van der Waals surface area contributed by atoms with Crippen LogP contribution >= 0.6 is 11.6 Å². The van der Waals surface area contributed by atoms with Crippen LogP contribution < -0.4 is 5.32 Å². The maximum absolute atomic E-state index is 13.0. The van der Waals surface area contributed by atoms with Crippen molar-refractivity contribution in [3.63, 3.8) is 0 Å². The van der Waals surface area contributed by atoms with Crippen LogP contribution in [0.3, 0.4) is 0 Å². The van der Waals surface area contributed by atoms with E-state index in [0.717, 1.165) is 5.56 Å². The fraction of sp³-hybridized carbons (Fsp3) is 0.273. The van der Waals surface area contributed by atoms with Crippen molar-refractivity contribution in [1.29, 1.82) is 0 Å². The van der Waals surface area contributed by atoms with E-state index in [1.54, 1.807) is 12.1 Å². The molecular weight excluding hydrogens is 453 g/mol. The second-order valence-corrected chi connectivity index (χ2v) is 7.60. The number of hydrogen-bond acceptors (Lipinski definition) is 9. The van der Waals surface area contributed by atoms with Crippen molar-refractivity contribution in [2.24, 2.45) is 0 Å². The molecule has 0 aliphatic carbocycles. The highest BCUT2D eigenvalue weighted by atomic mass is 35.5. The molecule has 0 saturated carbocycles. The van der Waals surface area contributed by atoms with Crippen LogP contribution in [-0.4, -0.2) is 52.6 Å². The van der Waals surface area contributed by atoms with Gasteiger partial charge in [0, 0.05) is 36.7 Å². The molecule has 0 bridgehead atoms. The van der Waals surface area contributed by atoms with Gasteiger partial charge >= 0.3 is 11.9 Å². The number of methoxy groups -OCH3 is 2. The van der Waals surface area contributed by atoms with Crippen LogP contribution in [0, 0.1) is 5.82 Å². The van der Waals surface area contributed by atoms with E-state index in [9.17, 15) is 14.0 Å². The predicted molar refractivity (Wildman–Crippen MR) is 120 cm³/mol. The van der Waals surface area contributed by atoms with Gasteiger partial charge in [-0.05, 0) is 29.3 Å². The molecule has 3 aromatic rings. The molecule has 0 unspecified atom stereocenters. The monoisotopic (exact) mass is 475 g/mol. The van der Waals surface area contributed by atoms with Gasteiger partial charge < -0.3 is 14.8 Å². The number of ether oxygens (including phenoxy) is 2. The third kappa shape index (κ3) is 7.76. The molecule has 0 spiro atoms. The summed E-state index contributed by atoms with van der Waals surface area (Å²) in [6, 6.07) is 6.41. The topological polar surface area (TPSA) is 116 Å². The zero-order valence-corrected chi connectivity index (χ0v) is 19.3. The molecule has 33 heavy (non-hydrogen) atoms. The molecule has 0 aliphatic heterocycles. The van der Waals surface area contributed by atoms with Gasteiger partial charge in [0.25, 0.3) is 0 Å². The molecule has 2 aromatic heterocycles. The van der Waals surface area contributed by atoms with Crippen LogP contribution in [0.4, 0.5) is 10.3 Å². The zero-order chi connectivity index (χ0) is 24.4. The first-order chi connectivity index (χ1) is 15.7. The fourth-order valence-corrected chi connectivity index (χ4v) is 2.58. The standard InChI is InChI=1S/C16H18FN3O2.C6H5ClN2O2/c1-16(2,12-4-6-13(17)7-5-12)10-20-15-18-8-11(9-19-15)14(21)22-3;1-11-5(10)4-2-8-6(7)9-3-4/h4-9H,10H2,1-3H3,(H,18,19,20);2-3H,1H3. The van der Waals surface area contributed by atoms with Gasteiger partial charge in [-0.15, -0.1) is 0 Å². The molecule has 0 aliphatic rings. The van der Waals surface area contributed by atoms with E-state index in [4.69, 9.17) is 11.6 Å². The van der Waals surface area contributed by atoms with Crippen LogP contribution in [0.2, 0.25) is 5.28 Å². The Morgan fingerprint density at radius 2 is 1.36 bits per heavy atom. The molecule has 1 aromatic carbocycles. The maximum Gasteiger partial charge on any atom is 0.341 e. The summed E-state index contributed by atoms with van der Waals surface area (Å²) in [5.41, 5.74) is 1.37. The van der Waals surface area contributed by atoms with Gasteiger partial charge in [0.15, 0.2) is 0 Å². The summed E-state index contributed by atoms with van der Waals surface area (Å²) in [7, 11) is 2.59. The van der Waals surface area contributed by atoms with Gasteiger partial charge in [0.05, 0.1) is 25.3 Å². The van der Waals surface area contributed by atoms with Crippen LogP contribution in [0.25, 0.3) is 0 Å². The van der Waals surface area contributed by atoms with Crippen LogP contribution in [0.5, 0.6) is 0 Å². The summed E-state index contributed by atoms with van der Waals surface area (Å²) in [4.78, 5) is 37.4. The number of esters is 2. The van der Waals surface area contributed by atoms with E-state index in [1.165, 1.54) is 51.1 Å². The molecule has 2 heterocycles. The third-order valence-corrected chi connectivity index (χ3v) is 4.62. The molecule has 174 valence electrons. The minimum absolute atomic E-state index is 0.109. The molecule has 0 radical (unpaired) electrons. The van der Waals surface area contributed by atoms with Gasteiger partial charge in [0.2, 0.25) is 11.2 Å². The number of carbonyl (C=O) groups excluding carboxylic acids is 2. The molecule has 9 nitrogen and oxygen atoms in total. The van der Waals surface area contributed by atoms with Crippen LogP contribution in [0.1, 0.15) is 40.1 Å². The summed E-state index contributed by atoms with van der Waals surface area (Å²) < 4.78 is 22.0. The van der Waals surface area contributed by atoms with Crippen LogP contribution in [-0.2, 0) is 14.9 Å². The zero-order valence-electron chi connectivity index (χ0n) is 18.5. The highest BCUT2D eigenvalue weighted by molar-refractivity contribution is 6.28. The van der Waals surface area contributed by atoms with Gasteiger partial charge in [-0.25, -0.2) is 33.9 Å². The lowest BCUT2D eigenvalue weighted by molar-refractivity contribution is 0.0591. The molecule has 0 amide bonds. The fourth-order valence-electron chi connectivity index (χ4n) is 2.48. The number of anilines is 1. The minimum atomic E-state index is -0.474. The first kappa shape index (κ1) is 25.6.